The number of hydrogen-bond acceptors (Lipinski definition) is 1. The van der Waals surface area contributed by atoms with Gasteiger partial charge < -0.3 is 5.11 Å². The highest BCUT2D eigenvalue weighted by atomic mass is 35.5. The van der Waals surface area contributed by atoms with Crippen molar-refractivity contribution in [3.8, 4) is 0 Å². The summed E-state index contributed by atoms with van der Waals surface area (Å²) in [4.78, 5) is 10.3. The molecule has 0 bridgehead atoms. The van der Waals surface area contributed by atoms with Crippen molar-refractivity contribution in [2.75, 3.05) is 0 Å². The topological polar surface area (TPSA) is 37.3 Å². The van der Waals surface area contributed by atoms with Gasteiger partial charge in [0.25, 0.3) is 0 Å². The average Bonchev–Trinajstić information content (AvgIpc) is 2.19. The lowest BCUT2D eigenvalue weighted by molar-refractivity contribution is -0.131. The third kappa shape index (κ3) is 4.09. The number of allylic oxidation sites excluding steroid dienone is 2. The van der Waals surface area contributed by atoms with E-state index in [-0.39, 0.29) is 0 Å². The van der Waals surface area contributed by atoms with Crippen molar-refractivity contribution in [2.45, 2.75) is 6.92 Å². The van der Waals surface area contributed by atoms with Crippen LogP contribution in [0.1, 0.15) is 12.5 Å². The van der Waals surface area contributed by atoms with E-state index in [1.54, 1.807) is 31.2 Å². The highest BCUT2D eigenvalue weighted by molar-refractivity contribution is 6.35. The van der Waals surface area contributed by atoms with Crippen LogP contribution in [0.2, 0.25) is 10.0 Å². The summed E-state index contributed by atoms with van der Waals surface area (Å²) in [6, 6.07) is 5.15. The van der Waals surface area contributed by atoms with E-state index in [4.69, 9.17) is 28.3 Å². The number of halogens is 2. The second kappa shape index (κ2) is 5.73. The van der Waals surface area contributed by atoms with E-state index in [2.05, 4.69) is 0 Å². The molecule has 0 saturated carbocycles. The number of rotatable bonds is 3. The Hall–Kier alpha value is -1.25. The summed E-state index contributed by atoms with van der Waals surface area (Å²) in [5.41, 5.74) is 1.60. The standard InChI is InChI=1S/C12H10Cl2O2/c1-8(2-5-12(15)16)6-9-3-4-10(13)7-11(9)14/h2-7H,1H3,(H,15,16). The first-order valence-corrected chi connectivity index (χ1v) is 5.29. The van der Waals surface area contributed by atoms with Gasteiger partial charge in [0.05, 0.1) is 0 Å². The Balaban J connectivity index is 2.94. The van der Waals surface area contributed by atoms with Gasteiger partial charge in [-0.2, -0.15) is 0 Å². The van der Waals surface area contributed by atoms with E-state index in [0.29, 0.717) is 10.0 Å². The molecule has 0 fully saturated rings. The van der Waals surface area contributed by atoms with Crippen molar-refractivity contribution < 1.29 is 9.90 Å². The molecule has 2 nitrogen and oxygen atoms in total. The quantitative estimate of drug-likeness (QED) is 0.655. The third-order valence-electron chi connectivity index (χ3n) is 1.83. The van der Waals surface area contributed by atoms with Crippen LogP contribution in [0.5, 0.6) is 0 Å². The molecule has 1 N–H and O–H groups in total. The van der Waals surface area contributed by atoms with Crippen LogP contribution in [0.25, 0.3) is 6.08 Å². The van der Waals surface area contributed by atoms with E-state index in [9.17, 15) is 4.79 Å². The number of carbonyl (C=O) groups is 1. The van der Waals surface area contributed by atoms with Gasteiger partial charge >= 0.3 is 5.97 Å². The van der Waals surface area contributed by atoms with Gasteiger partial charge in [-0.25, -0.2) is 4.79 Å². The number of hydrogen-bond donors (Lipinski definition) is 1. The molecule has 0 unspecified atom stereocenters. The number of benzene rings is 1. The molecule has 0 amide bonds. The summed E-state index contributed by atoms with van der Waals surface area (Å²) in [5.74, 6) is -0.977. The average molecular weight is 257 g/mol. The lowest BCUT2D eigenvalue weighted by Gasteiger charge is -1.99. The molecule has 1 aromatic rings. The molecule has 0 atom stereocenters. The second-order valence-electron chi connectivity index (χ2n) is 3.23. The third-order valence-corrected chi connectivity index (χ3v) is 2.40. The summed E-state index contributed by atoms with van der Waals surface area (Å²) in [7, 11) is 0. The van der Waals surface area contributed by atoms with E-state index >= 15 is 0 Å². The SMILES string of the molecule is CC(C=CC(=O)O)=Cc1ccc(Cl)cc1Cl. The van der Waals surface area contributed by atoms with Gasteiger partial charge in [-0.3, -0.25) is 0 Å². The zero-order valence-electron chi connectivity index (χ0n) is 8.58. The van der Waals surface area contributed by atoms with Crippen LogP contribution in [0.3, 0.4) is 0 Å². The Morgan fingerprint density at radius 2 is 2.00 bits per heavy atom. The van der Waals surface area contributed by atoms with Crippen molar-refractivity contribution in [2.24, 2.45) is 0 Å². The van der Waals surface area contributed by atoms with Crippen molar-refractivity contribution in [3.05, 3.63) is 51.5 Å². The molecule has 1 rings (SSSR count). The number of carboxylic acid groups (broad SMARTS) is 1. The van der Waals surface area contributed by atoms with Gasteiger partial charge in [0.15, 0.2) is 0 Å². The zero-order chi connectivity index (χ0) is 12.1. The molecule has 4 heteroatoms. The van der Waals surface area contributed by atoms with Gasteiger partial charge in [-0.1, -0.05) is 47.0 Å². The van der Waals surface area contributed by atoms with E-state index in [0.717, 1.165) is 17.2 Å². The molecule has 0 spiro atoms. The van der Waals surface area contributed by atoms with E-state index < -0.39 is 5.97 Å². The Morgan fingerprint density at radius 1 is 1.31 bits per heavy atom. The lowest BCUT2D eigenvalue weighted by atomic mass is 10.1. The smallest absolute Gasteiger partial charge is 0.328 e. The summed E-state index contributed by atoms with van der Waals surface area (Å²) in [6.45, 7) is 1.80. The Labute approximate surface area is 104 Å². The Morgan fingerprint density at radius 3 is 2.56 bits per heavy atom. The Kier molecular flexibility index (Phi) is 4.59. The van der Waals surface area contributed by atoms with Crippen LogP contribution in [0, 0.1) is 0 Å². The minimum Gasteiger partial charge on any atom is -0.478 e. The first-order valence-electron chi connectivity index (χ1n) is 4.53. The van der Waals surface area contributed by atoms with Crippen LogP contribution in [0.15, 0.2) is 35.9 Å². The lowest BCUT2D eigenvalue weighted by Crippen LogP contribution is -1.86. The molecular formula is C12H10Cl2O2. The predicted molar refractivity (Wildman–Crippen MR) is 66.9 cm³/mol. The molecule has 0 aliphatic carbocycles. The summed E-state index contributed by atoms with van der Waals surface area (Å²) in [5, 5.41) is 9.57. The van der Waals surface area contributed by atoms with Gasteiger partial charge in [-0.15, -0.1) is 0 Å². The van der Waals surface area contributed by atoms with Crippen molar-refractivity contribution in [1.82, 2.24) is 0 Å². The van der Waals surface area contributed by atoms with Crippen LogP contribution in [0.4, 0.5) is 0 Å². The van der Waals surface area contributed by atoms with Crippen molar-refractivity contribution >= 4 is 35.2 Å². The molecule has 0 aliphatic heterocycles. The fourth-order valence-corrected chi connectivity index (χ4v) is 1.58. The van der Waals surface area contributed by atoms with Gasteiger partial charge in [0.1, 0.15) is 0 Å². The van der Waals surface area contributed by atoms with E-state index in [1.807, 2.05) is 0 Å². The molecule has 16 heavy (non-hydrogen) atoms. The maximum Gasteiger partial charge on any atom is 0.328 e. The molecule has 0 heterocycles. The maximum absolute atomic E-state index is 10.3. The molecule has 0 saturated heterocycles. The molecule has 1 aromatic carbocycles. The number of carboxylic acids is 1. The van der Waals surface area contributed by atoms with Gasteiger partial charge in [0, 0.05) is 16.1 Å². The minimum absolute atomic E-state index is 0.538. The fourth-order valence-electron chi connectivity index (χ4n) is 1.11. The van der Waals surface area contributed by atoms with Crippen LogP contribution in [-0.2, 0) is 4.79 Å². The van der Waals surface area contributed by atoms with Crippen molar-refractivity contribution in [1.29, 1.82) is 0 Å². The molecule has 84 valence electrons. The first kappa shape index (κ1) is 12.8. The second-order valence-corrected chi connectivity index (χ2v) is 4.07. The van der Waals surface area contributed by atoms with Crippen LogP contribution in [-0.4, -0.2) is 11.1 Å². The Bertz CT molecular complexity index is 462. The molecule has 0 aliphatic rings. The molecule has 0 aromatic heterocycles. The monoisotopic (exact) mass is 256 g/mol. The molecular weight excluding hydrogens is 247 g/mol. The summed E-state index contributed by atoms with van der Waals surface area (Å²) < 4.78 is 0. The fraction of sp³-hybridized carbons (Fsp3) is 0.0833. The van der Waals surface area contributed by atoms with E-state index in [1.165, 1.54) is 6.08 Å². The zero-order valence-corrected chi connectivity index (χ0v) is 10.1. The number of aliphatic carboxylic acids is 1. The normalized spacial score (nSPS) is 12.1. The minimum atomic E-state index is -0.977. The van der Waals surface area contributed by atoms with Gasteiger partial charge in [-0.05, 0) is 24.6 Å². The molecule has 0 radical (unpaired) electrons. The van der Waals surface area contributed by atoms with Gasteiger partial charge in [0.2, 0.25) is 0 Å². The largest absolute Gasteiger partial charge is 0.478 e. The highest BCUT2D eigenvalue weighted by Gasteiger charge is 1.98. The first-order chi connectivity index (χ1) is 7.49. The maximum atomic E-state index is 10.3. The van der Waals surface area contributed by atoms with Crippen LogP contribution < -0.4 is 0 Å². The predicted octanol–water partition coefficient (Wildman–Crippen LogP) is 4.04. The van der Waals surface area contributed by atoms with Crippen LogP contribution >= 0.6 is 23.2 Å². The summed E-state index contributed by atoms with van der Waals surface area (Å²) in [6.07, 6.45) is 4.38. The van der Waals surface area contributed by atoms with Crippen molar-refractivity contribution in [3.63, 3.8) is 0 Å². The summed E-state index contributed by atoms with van der Waals surface area (Å²) >= 11 is 11.7. The highest BCUT2D eigenvalue weighted by Crippen LogP contribution is 2.23.